The minimum atomic E-state index is -4.49. The van der Waals surface area contributed by atoms with Crippen LogP contribution in [0.4, 0.5) is 18.9 Å². The lowest BCUT2D eigenvalue weighted by Crippen LogP contribution is -2.53. The average molecular weight is 557 g/mol. The molecule has 0 fully saturated rings. The molecule has 0 radical (unpaired) electrons. The molecule has 2 N–H and O–H groups in total. The fraction of sp³-hybridized carbons (Fsp3) is 0.241. The van der Waals surface area contributed by atoms with Crippen molar-refractivity contribution in [3.05, 3.63) is 95.6 Å². The number of Topliss-reactive ketones (excluding diaryl/α,β-unsaturated/α-hetero) is 1. The lowest BCUT2D eigenvalue weighted by molar-refractivity contribution is -0.149. The van der Waals surface area contributed by atoms with Crippen LogP contribution in [0, 0.1) is 5.92 Å². The number of para-hydroxylation sites is 1. The normalized spacial score (nSPS) is 17.5. The molecule has 4 rings (SSSR count). The zero-order valence-electron chi connectivity index (χ0n) is 21.9. The van der Waals surface area contributed by atoms with Crippen LogP contribution in [-0.4, -0.2) is 49.3 Å². The summed E-state index contributed by atoms with van der Waals surface area (Å²) in [5.74, 6) is -2.87. The van der Waals surface area contributed by atoms with Gasteiger partial charge in [0, 0.05) is 17.8 Å². The molecule has 2 atom stereocenters. The van der Waals surface area contributed by atoms with Crippen molar-refractivity contribution < 1.29 is 42.1 Å². The van der Waals surface area contributed by atoms with Crippen molar-refractivity contribution in [3.63, 3.8) is 0 Å². The minimum Gasteiger partial charge on any atom is -0.497 e. The first-order valence-corrected chi connectivity index (χ1v) is 12.1. The van der Waals surface area contributed by atoms with Crippen LogP contribution in [0.2, 0.25) is 0 Å². The first-order chi connectivity index (χ1) is 19.1. The quantitative estimate of drug-likeness (QED) is 0.385. The molecule has 8 nitrogen and oxygen atoms in total. The van der Waals surface area contributed by atoms with Crippen molar-refractivity contribution in [2.24, 2.45) is 5.92 Å². The molecule has 1 heterocycles. The number of ether oxygens (including phenoxy) is 3. The molecule has 1 aliphatic heterocycles. The second kappa shape index (κ2) is 11.7. The van der Waals surface area contributed by atoms with Crippen LogP contribution < -0.4 is 10.1 Å². The summed E-state index contributed by atoms with van der Waals surface area (Å²) in [6.07, 6.45) is -6.11. The lowest BCUT2D eigenvalue weighted by atomic mass is 9.94. The Morgan fingerprint density at radius 2 is 1.57 bits per heavy atom. The number of hydrogen-bond donors (Lipinski definition) is 2. The average Bonchev–Trinajstić information content (AvgIpc) is 2.94. The fourth-order valence-electron chi connectivity index (χ4n) is 4.45. The number of halogens is 3. The molecule has 0 aromatic heterocycles. The van der Waals surface area contributed by atoms with Crippen molar-refractivity contribution in [2.75, 3.05) is 26.6 Å². The third-order valence-corrected chi connectivity index (χ3v) is 6.48. The van der Waals surface area contributed by atoms with Gasteiger partial charge in [0.05, 0.1) is 26.9 Å². The first-order valence-electron chi connectivity index (χ1n) is 12.1. The van der Waals surface area contributed by atoms with Crippen LogP contribution in [0.15, 0.2) is 84.4 Å². The Kier molecular flexibility index (Phi) is 8.34. The molecule has 0 bridgehead atoms. The number of ketones is 1. The van der Waals surface area contributed by atoms with Gasteiger partial charge in [-0.2, -0.15) is 13.2 Å². The summed E-state index contributed by atoms with van der Waals surface area (Å²) >= 11 is 0. The number of rotatable bonds is 8. The Morgan fingerprint density at radius 3 is 2.15 bits per heavy atom. The van der Waals surface area contributed by atoms with Crippen molar-refractivity contribution >= 4 is 17.4 Å². The molecule has 0 saturated heterocycles. The van der Waals surface area contributed by atoms with Gasteiger partial charge < -0.3 is 29.5 Å². The number of allylic oxidation sites excluding steroid dienone is 1. The van der Waals surface area contributed by atoms with Crippen LogP contribution in [0.3, 0.4) is 0 Å². The summed E-state index contributed by atoms with van der Waals surface area (Å²) in [5.41, 5.74) is 1.01. The third kappa shape index (κ3) is 5.74. The smallest absolute Gasteiger partial charge is 0.416 e. The van der Waals surface area contributed by atoms with Crippen LogP contribution in [0.25, 0.3) is 11.1 Å². The van der Waals surface area contributed by atoms with Gasteiger partial charge in [0.25, 0.3) is 0 Å². The first kappa shape index (κ1) is 28.5. The van der Waals surface area contributed by atoms with Gasteiger partial charge in [-0.1, -0.05) is 42.5 Å². The number of aliphatic hydroxyl groups excluding tert-OH is 1. The molecular weight excluding hydrogens is 529 g/mol. The maximum atomic E-state index is 13.5. The second-order valence-corrected chi connectivity index (χ2v) is 8.88. The maximum absolute atomic E-state index is 13.5. The summed E-state index contributed by atoms with van der Waals surface area (Å²) in [7, 11) is 4.10. The number of carbonyl (C=O) groups excluding carboxylic acids is 2. The van der Waals surface area contributed by atoms with Crippen LogP contribution in [0.1, 0.15) is 11.1 Å². The van der Waals surface area contributed by atoms with E-state index < -0.39 is 35.6 Å². The summed E-state index contributed by atoms with van der Waals surface area (Å²) in [5, 5.41) is 13.9. The molecule has 40 heavy (non-hydrogen) atoms. The van der Waals surface area contributed by atoms with Crippen molar-refractivity contribution in [1.82, 2.24) is 4.90 Å². The van der Waals surface area contributed by atoms with Gasteiger partial charge in [0.1, 0.15) is 17.9 Å². The summed E-state index contributed by atoms with van der Waals surface area (Å²) in [4.78, 5) is 28.1. The molecule has 3 aromatic rings. The van der Waals surface area contributed by atoms with E-state index in [0.717, 1.165) is 17.7 Å². The number of anilines is 1. The van der Waals surface area contributed by atoms with Crippen molar-refractivity contribution in [1.29, 1.82) is 0 Å². The number of alkyl halides is 3. The van der Waals surface area contributed by atoms with Gasteiger partial charge in [-0.3, -0.25) is 9.59 Å². The Morgan fingerprint density at radius 1 is 0.925 bits per heavy atom. The monoisotopic (exact) mass is 556 g/mol. The minimum absolute atomic E-state index is 0.0370. The van der Waals surface area contributed by atoms with Crippen LogP contribution >= 0.6 is 0 Å². The van der Waals surface area contributed by atoms with Gasteiger partial charge in [-0.05, 0) is 41.5 Å². The topological polar surface area (TPSA) is 97.3 Å². The summed E-state index contributed by atoms with van der Waals surface area (Å²) < 4.78 is 54.9. The molecule has 1 amide bonds. The number of nitrogens with zero attached hydrogens (tertiary/aromatic N) is 1. The standard InChI is InChI=1S/C29H27F3N2O6/c1-38-20-14-8-17(9-15-20)16-34-27(37)23(24(35)25(39-2)28(34)40-3)26(36)33-22-7-5-4-6-21(22)18-10-12-19(13-11-18)29(30,31)32/h4-15,23,27,37H,16H2,1-3H3,(H,33,36). The van der Waals surface area contributed by atoms with E-state index in [1.165, 1.54) is 38.4 Å². The predicted octanol–water partition coefficient (Wildman–Crippen LogP) is 4.80. The van der Waals surface area contributed by atoms with Gasteiger partial charge in [0.15, 0.2) is 0 Å². The summed E-state index contributed by atoms with van der Waals surface area (Å²) in [6, 6.07) is 17.9. The number of hydrogen-bond acceptors (Lipinski definition) is 7. The lowest BCUT2D eigenvalue weighted by Gasteiger charge is -2.38. The van der Waals surface area contributed by atoms with E-state index in [4.69, 9.17) is 14.2 Å². The van der Waals surface area contributed by atoms with E-state index >= 15 is 0 Å². The van der Waals surface area contributed by atoms with Gasteiger partial charge in [-0.15, -0.1) is 0 Å². The summed E-state index contributed by atoms with van der Waals surface area (Å²) in [6.45, 7) is 0.0698. The zero-order chi connectivity index (χ0) is 29.0. The Labute approximate surface area is 228 Å². The van der Waals surface area contributed by atoms with E-state index in [-0.39, 0.29) is 23.9 Å². The highest BCUT2D eigenvalue weighted by atomic mass is 19.4. The number of nitrogens with one attached hydrogen (secondary N) is 1. The molecule has 0 spiro atoms. The number of methoxy groups -OCH3 is 3. The van der Waals surface area contributed by atoms with E-state index in [9.17, 15) is 27.9 Å². The molecule has 210 valence electrons. The molecule has 3 aromatic carbocycles. The van der Waals surface area contributed by atoms with Gasteiger partial charge >= 0.3 is 6.18 Å². The third-order valence-electron chi connectivity index (χ3n) is 6.48. The number of benzene rings is 3. The largest absolute Gasteiger partial charge is 0.497 e. The maximum Gasteiger partial charge on any atom is 0.416 e. The molecule has 2 unspecified atom stereocenters. The fourth-order valence-corrected chi connectivity index (χ4v) is 4.45. The molecular formula is C29H27F3N2O6. The van der Waals surface area contributed by atoms with Gasteiger partial charge in [-0.25, -0.2) is 0 Å². The molecule has 11 heteroatoms. The van der Waals surface area contributed by atoms with E-state index in [2.05, 4.69) is 5.32 Å². The highest BCUT2D eigenvalue weighted by Gasteiger charge is 2.47. The highest BCUT2D eigenvalue weighted by Crippen LogP contribution is 2.35. The Balaban J connectivity index is 1.64. The molecule has 1 aliphatic rings. The van der Waals surface area contributed by atoms with E-state index in [1.54, 1.807) is 48.5 Å². The van der Waals surface area contributed by atoms with Crippen LogP contribution in [-0.2, 0) is 31.8 Å². The van der Waals surface area contributed by atoms with Crippen molar-refractivity contribution in [3.8, 4) is 16.9 Å². The zero-order valence-corrected chi connectivity index (χ0v) is 21.9. The highest BCUT2D eigenvalue weighted by molar-refractivity contribution is 6.14. The Bertz CT molecular complexity index is 1400. The van der Waals surface area contributed by atoms with Crippen molar-refractivity contribution in [2.45, 2.75) is 18.9 Å². The SMILES string of the molecule is COC1=C(OC)N(Cc2ccc(OC)cc2)C(O)C(C(=O)Nc2ccccc2-c2ccc(C(F)(F)F)cc2)C1=O. The predicted molar refractivity (Wildman–Crippen MR) is 140 cm³/mol. The van der Waals surface area contributed by atoms with Gasteiger partial charge in [0.2, 0.25) is 23.3 Å². The number of aliphatic hydroxyl groups is 1. The van der Waals surface area contributed by atoms with E-state index in [0.29, 0.717) is 16.9 Å². The number of amides is 1. The molecule has 0 saturated carbocycles. The Hall–Kier alpha value is -4.51. The van der Waals surface area contributed by atoms with E-state index in [1.807, 2.05) is 0 Å². The second-order valence-electron chi connectivity index (χ2n) is 8.88. The van der Waals surface area contributed by atoms with Crippen LogP contribution in [0.5, 0.6) is 5.75 Å². The molecule has 0 aliphatic carbocycles. The number of carbonyl (C=O) groups is 2.